The first-order chi connectivity index (χ1) is 24.2. The number of hydrogen-bond donors (Lipinski definition) is 0. The van der Waals surface area contributed by atoms with Gasteiger partial charge in [-0.2, -0.15) is 0 Å². The summed E-state index contributed by atoms with van der Waals surface area (Å²) in [4.78, 5) is 10.4. The highest BCUT2D eigenvalue weighted by molar-refractivity contribution is 5.93. The number of fused-ring (bicyclic) bond motifs is 6. The lowest BCUT2D eigenvalue weighted by molar-refractivity contribution is 0.520. The van der Waals surface area contributed by atoms with Crippen molar-refractivity contribution in [1.29, 1.82) is 0 Å². The van der Waals surface area contributed by atoms with Gasteiger partial charge in [0.1, 0.15) is 0 Å². The van der Waals surface area contributed by atoms with Gasteiger partial charge in [0.25, 0.3) is 0 Å². The van der Waals surface area contributed by atoms with E-state index in [-0.39, 0.29) is 11.3 Å². The third kappa shape index (κ3) is 4.96. The van der Waals surface area contributed by atoms with Crippen LogP contribution in [0.15, 0.2) is 182 Å². The van der Waals surface area contributed by atoms with Crippen LogP contribution in [-0.2, 0) is 5.41 Å². The van der Waals surface area contributed by atoms with Crippen molar-refractivity contribution in [3.63, 3.8) is 0 Å². The van der Waals surface area contributed by atoms with Crippen LogP contribution in [0.25, 0.3) is 61.7 Å². The molecule has 0 fully saturated rings. The zero-order valence-corrected chi connectivity index (χ0v) is 27.3. The number of benzene rings is 6. The zero-order valence-electron chi connectivity index (χ0n) is 27.3. The fraction of sp³-hybridized carbons (Fsp3) is 0.0638. The zero-order chi connectivity index (χ0) is 32.8. The quantitative estimate of drug-likeness (QED) is 0.190. The lowest BCUT2D eigenvalue weighted by atomic mass is 9.60. The Morgan fingerprint density at radius 3 is 1.61 bits per heavy atom. The van der Waals surface area contributed by atoms with Crippen LogP contribution in [0.3, 0.4) is 0 Å². The molecule has 0 saturated heterocycles. The van der Waals surface area contributed by atoms with Crippen LogP contribution >= 0.6 is 0 Å². The molecule has 49 heavy (non-hydrogen) atoms. The van der Waals surface area contributed by atoms with Crippen LogP contribution in [0.5, 0.6) is 0 Å². The molecule has 0 bridgehead atoms. The second-order valence-corrected chi connectivity index (χ2v) is 13.1. The van der Waals surface area contributed by atoms with E-state index in [1.165, 1.54) is 33.4 Å². The second-order valence-electron chi connectivity index (χ2n) is 13.1. The molecule has 0 spiro atoms. The van der Waals surface area contributed by atoms with Crippen LogP contribution in [0.2, 0.25) is 0 Å². The molecule has 232 valence electrons. The number of nitrogens with zero attached hydrogens (tertiary/aromatic N) is 2. The van der Waals surface area contributed by atoms with E-state index < -0.39 is 0 Å². The monoisotopic (exact) mass is 626 g/mol. The van der Waals surface area contributed by atoms with Crippen molar-refractivity contribution >= 4 is 5.57 Å². The molecule has 6 aromatic carbocycles. The van der Waals surface area contributed by atoms with Crippen molar-refractivity contribution in [1.82, 2.24) is 9.97 Å². The van der Waals surface area contributed by atoms with Crippen molar-refractivity contribution in [3.8, 4) is 56.2 Å². The fourth-order valence-corrected chi connectivity index (χ4v) is 7.79. The third-order valence-electron chi connectivity index (χ3n) is 10.3. The Labute approximate surface area is 287 Å². The highest BCUT2D eigenvalue weighted by Gasteiger charge is 2.42. The summed E-state index contributed by atoms with van der Waals surface area (Å²) in [5.74, 6) is 0.922. The second kappa shape index (κ2) is 11.8. The molecule has 2 atom stereocenters. The van der Waals surface area contributed by atoms with Gasteiger partial charge in [-0.1, -0.05) is 183 Å². The van der Waals surface area contributed by atoms with E-state index in [0.29, 0.717) is 5.82 Å². The predicted molar refractivity (Wildman–Crippen MR) is 203 cm³/mol. The van der Waals surface area contributed by atoms with Gasteiger partial charge in [0, 0.05) is 28.0 Å². The van der Waals surface area contributed by atoms with E-state index in [9.17, 15) is 0 Å². The van der Waals surface area contributed by atoms with Crippen molar-refractivity contribution in [2.45, 2.75) is 18.3 Å². The lowest BCUT2D eigenvalue weighted by Gasteiger charge is -2.43. The molecule has 2 aliphatic rings. The first kappa shape index (κ1) is 29.1. The van der Waals surface area contributed by atoms with Crippen LogP contribution in [0, 0.1) is 0 Å². The molecule has 2 aliphatic carbocycles. The molecule has 9 rings (SSSR count). The van der Waals surface area contributed by atoms with Crippen molar-refractivity contribution in [3.05, 3.63) is 199 Å². The minimum absolute atomic E-state index is 0.138. The van der Waals surface area contributed by atoms with E-state index in [0.717, 1.165) is 39.2 Å². The van der Waals surface area contributed by atoms with Gasteiger partial charge in [-0.25, -0.2) is 9.97 Å². The maximum absolute atomic E-state index is 5.20. The molecule has 0 saturated carbocycles. The Kier molecular flexibility index (Phi) is 7.02. The van der Waals surface area contributed by atoms with Crippen molar-refractivity contribution in [2.75, 3.05) is 0 Å². The summed E-state index contributed by atoms with van der Waals surface area (Å²) in [6, 6.07) is 58.0. The topological polar surface area (TPSA) is 25.8 Å². The molecule has 2 nitrogen and oxygen atoms in total. The SMILES string of the molecule is CC12C=CC(c3ccccc3-c3ccccc3-c3nc(-c4ccccc4)cc(-c4ccccc4)n3)=CC1c1ccccc1-c1ccccc12. The molecule has 1 aromatic heterocycles. The summed E-state index contributed by atoms with van der Waals surface area (Å²) in [6.45, 7) is 2.39. The van der Waals surface area contributed by atoms with Gasteiger partial charge < -0.3 is 0 Å². The maximum Gasteiger partial charge on any atom is 0.161 e. The highest BCUT2D eigenvalue weighted by Crippen LogP contribution is 2.54. The fourth-order valence-electron chi connectivity index (χ4n) is 7.79. The summed E-state index contributed by atoms with van der Waals surface area (Å²) >= 11 is 0. The average molecular weight is 627 g/mol. The normalized spacial score (nSPS) is 17.4. The first-order valence-electron chi connectivity index (χ1n) is 17.0. The Bertz CT molecular complexity index is 2350. The Hall–Kier alpha value is -6.12. The largest absolute Gasteiger partial charge is 0.228 e. The van der Waals surface area contributed by atoms with Crippen LogP contribution in [0.4, 0.5) is 0 Å². The average Bonchev–Trinajstić information content (AvgIpc) is 3.18. The summed E-state index contributed by atoms with van der Waals surface area (Å²) in [6.07, 6.45) is 7.27. The molecule has 0 radical (unpaired) electrons. The summed E-state index contributed by atoms with van der Waals surface area (Å²) in [5.41, 5.74) is 14.9. The standard InChI is InChI=1S/C47H34N2/c1-47-29-28-34(30-43(47)40-25-12-10-23-38(40)39-24-14-15-27-42(39)47)35-20-8-9-21-36(35)37-22-11-13-26-41(37)46-48-44(32-16-4-2-5-17-32)31-45(49-46)33-18-6-3-7-19-33/h2-31,43H,1H3. The number of allylic oxidation sites excluding steroid dienone is 4. The molecular weight excluding hydrogens is 593 g/mol. The molecule has 1 heterocycles. The van der Waals surface area contributed by atoms with Gasteiger partial charge in [0.2, 0.25) is 0 Å². The van der Waals surface area contributed by atoms with E-state index >= 15 is 0 Å². The molecule has 2 heteroatoms. The maximum atomic E-state index is 5.20. The molecule has 7 aromatic rings. The van der Waals surface area contributed by atoms with Crippen molar-refractivity contribution < 1.29 is 0 Å². The van der Waals surface area contributed by atoms with E-state index in [2.05, 4.69) is 177 Å². The molecule has 0 N–H and O–H groups in total. The van der Waals surface area contributed by atoms with Crippen LogP contribution in [0.1, 0.15) is 29.5 Å². The first-order valence-corrected chi connectivity index (χ1v) is 17.0. The summed E-state index contributed by atoms with van der Waals surface area (Å²) in [5, 5.41) is 0. The smallest absolute Gasteiger partial charge is 0.161 e. The minimum Gasteiger partial charge on any atom is -0.228 e. The Morgan fingerprint density at radius 1 is 0.469 bits per heavy atom. The van der Waals surface area contributed by atoms with E-state index in [1.807, 2.05) is 12.1 Å². The molecule has 0 amide bonds. The highest BCUT2D eigenvalue weighted by atomic mass is 14.9. The lowest BCUT2D eigenvalue weighted by Crippen LogP contribution is -2.33. The Morgan fingerprint density at radius 2 is 0.959 bits per heavy atom. The number of hydrogen-bond acceptors (Lipinski definition) is 2. The minimum atomic E-state index is -0.138. The van der Waals surface area contributed by atoms with Gasteiger partial charge in [-0.05, 0) is 50.6 Å². The molecule has 2 unspecified atom stereocenters. The molecule has 0 aliphatic heterocycles. The summed E-state index contributed by atoms with van der Waals surface area (Å²) < 4.78 is 0. The number of rotatable bonds is 5. The molecular formula is C47H34N2. The van der Waals surface area contributed by atoms with Gasteiger partial charge in [-0.15, -0.1) is 0 Å². The number of aromatic nitrogens is 2. The Balaban J connectivity index is 1.20. The van der Waals surface area contributed by atoms with Gasteiger partial charge in [0.05, 0.1) is 11.4 Å². The van der Waals surface area contributed by atoms with Crippen molar-refractivity contribution in [2.24, 2.45) is 0 Å². The predicted octanol–water partition coefficient (Wildman–Crippen LogP) is 11.8. The van der Waals surface area contributed by atoms with Crippen LogP contribution in [-0.4, -0.2) is 9.97 Å². The van der Waals surface area contributed by atoms with E-state index in [1.54, 1.807) is 0 Å². The van der Waals surface area contributed by atoms with E-state index in [4.69, 9.17) is 9.97 Å². The third-order valence-corrected chi connectivity index (χ3v) is 10.3. The van der Waals surface area contributed by atoms with Gasteiger partial charge in [0.15, 0.2) is 5.82 Å². The summed E-state index contributed by atoms with van der Waals surface area (Å²) in [7, 11) is 0. The van der Waals surface area contributed by atoms with Gasteiger partial charge in [-0.3, -0.25) is 0 Å². The van der Waals surface area contributed by atoms with Gasteiger partial charge >= 0.3 is 0 Å². The van der Waals surface area contributed by atoms with Crippen LogP contribution < -0.4 is 0 Å².